The maximum absolute atomic E-state index is 8.99. The van der Waals surface area contributed by atoms with Crippen LogP contribution in [0, 0.1) is 17.2 Å². The van der Waals surface area contributed by atoms with Crippen molar-refractivity contribution < 1.29 is 0 Å². The van der Waals surface area contributed by atoms with Crippen LogP contribution in [-0.4, -0.2) is 6.04 Å². The van der Waals surface area contributed by atoms with Crippen LogP contribution in [0.5, 0.6) is 0 Å². The van der Waals surface area contributed by atoms with E-state index in [9.17, 15) is 0 Å². The maximum Gasteiger partial charge on any atom is 0.0672 e. The number of nitrogens with one attached hydrogen (secondary N) is 1. The van der Waals surface area contributed by atoms with Crippen molar-refractivity contribution in [3.05, 3.63) is 22.4 Å². The molecule has 3 atom stereocenters. The van der Waals surface area contributed by atoms with Gasteiger partial charge in [0.05, 0.1) is 12.0 Å². The van der Waals surface area contributed by atoms with Crippen LogP contribution < -0.4 is 5.32 Å². The van der Waals surface area contributed by atoms with Gasteiger partial charge in [-0.15, -0.1) is 11.3 Å². The van der Waals surface area contributed by atoms with Crippen molar-refractivity contribution in [2.75, 3.05) is 0 Å². The van der Waals surface area contributed by atoms with Gasteiger partial charge >= 0.3 is 0 Å². The number of nitriles is 1. The summed E-state index contributed by atoms with van der Waals surface area (Å²) in [5.41, 5.74) is 0. The summed E-state index contributed by atoms with van der Waals surface area (Å²) in [6, 6.07) is 7.41. The molecular formula is C12H16N2S. The molecule has 1 fully saturated rings. The van der Waals surface area contributed by atoms with Gasteiger partial charge in [-0.05, 0) is 31.2 Å². The van der Waals surface area contributed by atoms with Crippen LogP contribution in [0.4, 0.5) is 0 Å². The van der Waals surface area contributed by atoms with Crippen molar-refractivity contribution in [2.24, 2.45) is 5.92 Å². The highest BCUT2D eigenvalue weighted by Crippen LogP contribution is 2.28. The third kappa shape index (κ3) is 2.39. The highest BCUT2D eigenvalue weighted by Gasteiger charge is 2.28. The first kappa shape index (κ1) is 10.7. The van der Waals surface area contributed by atoms with Crippen molar-refractivity contribution in [2.45, 2.75) is 38.3 Å². The lowest BCUT2D eigenvalue weighted by atomic mass is 10.0. The Balaban J connectivity index is 1.94. The van der Waals surface area contributed by atoms with E-state index in [0.29, 0.717) is 12.1 Å². The fourth-order valence-electron chi connectivity index (χ4n) is 2.25. The van der Waals surface area contributed by atoms with Gasteiger partial charge in [-0.25, -0.2) is 0 Å². The molecule has 1 N–H and O–H groups in total. The van der Waals surface area contributed by atoms with Crippen LogP contribution in [0.1, 0.15) is 37.1 Å². The summed E-state index contributed by atoms with van der Waals surface area (Å²) < 4.78 is 0. The van der Waals surface area contributed by atoms with E-state index in [1.165, 1.54) is 11.3 Å². The molecule has 1 aliphatic rings. The fraction of sp³-hybridized carbons (Fsp3) is 0.583. The summed E-state index contributed by atoms with van der Waals surface area (Å²) in [5, 5.41) is 14.7. The number of thiophene rings is 1. The Hall–Kier alpha value is -0.850. The number of rotatable bonds is 3. The molecule has 0 bridgehead atoms. The average Bonchev–Trinajstić information content (AvgIpc) is 2.87. The Morgan fingerprint density at radius 3 is 3.13 bits per heavy atom. The molecule has 2 unspecified atom stereocenters. The van der Waals surface area contributed by atoms with Crippen LogP contribution >= 0.6 is 11.3 Å². The zero-order chi connectivity index (χ0) is 10.7. The van der Waals surface area contributed by atoms with Gasteiger partial charge in [-0.3, -0.25) is 0 Å². The normalized spacial score (nSPS) is 27.5. The number of hydrogen-bond donors (Lipinski definition) is 1. The van der Waals surface area contributed by atoms with Gasteiger partial charge in [0.2, 0.25) is 0 Å². The second-order valence-corrected chi connectivity index (χ2v) is 5.16. The molecular weight excluding hydrogens is 204 g/mol. The van der Waals surface area contributed by atoms with Crippen molar-refractivity contribution >= 4 is 11.3 Å². The molecule has 3 heteroatoms. The molecule has 15 heavy (non-hydrogen) atoms. The third-order valence-corrected chi connectivity index (χ3v) is 4.17. The van der Waals surface area contributed by atoms with E-state index in [1.807, 2.05) is 0 Å². The largest absolute Gasteiger partial charge is 0.305 e. The van der Waals surface area contributed by atoms with Crippen LogP contribution in [0.15, 0.2) is 17.5 Å². The van der Waals surface area contributed by atoms with Gasteiger partial charge in [0.25, 0.3) is 0 Å². The van der Waals surface area contributed by atoms with E-state index in [1.54, 1.807) is 11.3 Å². The van der Waals surface area contributed by atoms with E-state index in [4.69, 9.17) is 5.26 Å². The molecule has 1 heterocycles. The molecule has 2 nitrogen and oxygen atoms in total. The fourth-order valence-corrected chi connectivity index (χ4v) is 3.00. The van der Waals surface area contributed by atoms with Gasteiger partial charge in [-0.2, -0.15) is 5.26 Å². The highest BCUT2D eigenvalue weighted by atomic mass is 32.1. The molecule has 0 amide bonds. The average molecular weight is 220 g/mol. The van der Waals surface area contributed by atoms with Gasteiger partial charge < -0.3 is 5.32 Å². The Morgan fingerprint density at radius 1 is 1.60 bits per heavy atom. The standard InChI is InChI=1S/C12H16N2S/c1-9(12-6-3-7-15-12)14-11-5-2-4-10(11)8-13/h3,6-7,9-11,14H,2,4-5H2,1H3/t9-,10?,11?/m1/s1. The van der Waals surface area contributed by atoms with Gasteiger partial charge in [-0.1, -0.05) is 12.5 Å². The predicted molar refractivity (Wildman–Crippen MR) is 62.6 cm³/mol. The van der Waals surface area contributed by atoms with E-state index in [-0.39, 0.29) is 5.92 Å². The topological polar surface area (TPSA) is 35.8 Å². The minimum Gasteiger partial charge on any atom is -0.305 e. The first-order valence-corrected chi connectivity index (χ1v) is 6.38. The predicted octanol–water partition coefficient (Wildman–Crippen LogP) is 3.09. The Morgan fingerprint density at radius 2 is 2.47 bits per heavy atom. The number of hydrogen-bond acceptors (Lipinski definition) is 3. The highest BCUT2D eigenvalue weighted by molar-refractivity contribution is 7.10. The summed E-state index contributed by atoms with van der Waals surface area (Å²) in [6.45, 7) is 2.18. The molecule has 1 aromatic rings. The quantitative estimate of drug-likeness (QED) is 0.849. The van der Waals surface area contributed by atoms with Crippen LogP contribution in [0.3, 0.4) is 0 Å². The Labute approximate surface area is 94.9 Å². The second kappa shape index (κ2) is 4.78. The second-order valence-electron chi connectivity index (χ2n) is 4.18. The lowest BCUT2D eigenvalue weighted by molar-refractivity contribution is 0.421. The lowest BCUT2D eigenvalue weighted by Crippen LogP contribution is -2.33. The molecule has 0 radical (unpaired) electrons. The van der Waals surface area contributed by atoms with Gasteiger partial charge in [0.1, 0.15) is 0 Å². The first-order chi connectivity index (χ1) is 7.31. The van der Waals surface area contributed by atoms with Crippen LogP contribution in [0.25, 0.3) is 0 Å². The van der Waals surface area contributed by atoms with E-state index in [2.05, 4.69) is 35.8 Å². The van der Waals surface area contributed by atoms with E-state index >= 15 is 0 Å². The monoisotopic (exact) mass is 220 g/mol. The van der Waals surface area contributed by atoms with E-state index < -0.39 is 0 Å². The van der Waals surface area contributed by atoms with Gasteiger partial charge in [0, 0.05) is 17.0 Å². The van der Waals surface area contributed by atoms with Gasteiger partial charge in [0.15, 0.2) is 0 Å². The third-order valence-electron chi connectivity index (χ3n) is 3.12. The summed E-state index contributed by atoms with van der Waals surface area (Å²) in [7, 11) is 0. The minimum absolute atomic E-state index is 0.215. The summed E-state index contributed by atoms with van der Waals surface area (Å²) in [6.07, 6.45) is 3.40. The first-order valence-electron chi connectivity index (χ1n) is 5.50. The molecule has 0 saturated heterocycles. The minimum atomic E-state index is 0.215. The summed E-state index contributed by atoms with van der Waals surface area (Å²) >= 11 is 1.78. The molecule has 2 rings (SSSR count). The molecule has 0 spiro atoms. The SMILES string of the molecule is C[C@@H](NC1CCCC1C#N)c1cccs1. The molecule has 80 valence electrons. The zero-order valence-electron chi connectivity index (χ0n) is 8.94. The van der Waals surface area contributed by atoms with Crippen LogP contribution in [-0.2, 0) is 0 Å². The Kier molecular flexibility index (Phi) is 3.40. The summed E-state index contributed by atoms with van der Waals surface area (Å²) in [5.74, 6) is 0.215. The molecule has 1 aromatic heterocycles. The lowest BCUT2D eigenvalue weighted by Gasteiger charge is -2.20. The Bertz CT molecular complexity index is 339. The number of nitrogens with zero attached hydrogens (tertiary/aromatic N) is 1. The molecule has 1 saturated carbocycles. The van der Waals surface area contributed by atoms with Crippen molar-refractivity contribution in [1.82, 2.24) is 5.32 Å². The molecule has 1 aliphatic carbocycles. The van der Waals surface area contributed by atoms with Crippen LogP contribution in [0.2, 0.25) is 0 Å². The molecule has 0 aliphatic heterocycles. The zero-order valence-corrected chi connectivity index (χ0v) is 9.76. The smallest absolute Gasteiger partial charge is 0.0672 e. The van der Waals surface area contributed by atoms with Crippen molar-refractivity contribution in [3.8, 4) is 6.07 Å². The van der Waals surface area contributed by atoms with Crippen molar-refractivity contribution in [1.29, 1.82) is 5.26 Å². The summed E-state index contributed by atoms with van der Waals surface area (Å²) in [4.78, 5) is 1.36. The molecule has 0 aromatic carbocycles. The maximum atomic E-state index is 8.99. The van der Waals surface area contributed by atoms with Crippen molar-refractivity contribution in [3.63, 3.8) is 0 Å². The van der Waals surface area contributed by atoms with E-state index in [0.717, 1.165) is 12.8 Å².